The molecule has 0 unspecified atom stereocenters. The van der Waals surface area contributed by atoms with Crippen LogP contribution in [0.25, 0.3) is 0 Å². The van der Waals surface area contributed by atoms with Gasteiger partial charge in [0.15, 0.2) is 15.0 Å². The molecule has 3 rings (SSSR count). The fraction of sp³-hybridized carbons (Fsp3) is 0.350. The van der Waals surface area contributed by atoms with E-state index in [-0.39, 0.29) is 34.1 Å². The van der Waals surface area contributed by atoms with Gasteiger partial charge in [-0.15, -0.1) is 11.3 Å². The van der Waals surface area contributed by atoms with Crippen LogP contribution in [0.3, 0.4) is 0 Å². The van der Waals surface area contributed by atoms with Gasteiger partial charge >= 0.3 is 0 Å². The molecule has 0 aliphatic carbocycles. The lowest BCUT2D eigenvalue weighted by atomic mass is 10.3. The van der Waals surface area contributed by atoms with Crippen LogP contribution in [-0.4, -0.2) is 62.2 Å². The predicted molar refractivity (Wildman–Crippen MR) is 124 cm³/mol. The number of rotatable bonds is 9. The number of sulfone groups is 1. The van der Waals surface area contributed by atoms with Crippen molar-refractivity contribution in [2.45, 2.75) is 18.2 Å². The molecule has 2 N–H and O–H groups in total. The van der Waals surface area contributed by atoms with Crippen molar-refractivity contribution in [1.82, 2.24) is 9.88 Å². The largest absolute Gasteiger partial charge is 0.370 e. The Morgan fingerprint density at radius 1 is 1.41 bits per heavy atom. The summed E-state index contributed by atoms with van der Waals surface area (Å²) in [7, 11) is -3.59. The van der Waals surface area contributed by atoms with Crippen LogP contribution in [0.5, 0.6) is 0 Å². The maximum Gasteiger partial charge on any atom is 0.248 e. The van der Waals surface area contributed by atoms with E-state index in [0.29, 0.717) is 36.9 Å². The number of hydrogen-bond donors (Lipinski definition) is 2. The van der Waals surface area contributed by atoms with Crippen molar-refractivity contribution in [2.24, 2.45) is 0 Å². The van der Waals surface area contributed by atoms with E-state index in [2.05, 4.69) is 15.6 Å². The van der Waals surface area contributed by atoms with Gasteiger partial charge in [-0.25, -0.2) is 13.4 Å². The second-order valence-corrected chi connectivity index (χ2v) is 10.3. The lowest BCUT2D eigenvalue weighted by Gasteiger charge is -2.26. The normalized spacial score (nSPS) is 14.7. The Kier molecular flexibility index (Phi) is 8.24. The van der Waals surface area contributed by atoms with E-state index in [1.165, 1.54) is 48.7 Å². The smallest absolute Gasteiger partial charge is 0.248 e. The van der Waals surface area contributed by atoms with Crippen molar-refractivity contribution in [3.63, 3.8) is 0 Å². The third-order valence-corrected chi connectivity index (χ3v) is 7.26. The van der Waals surface area contributed by atoms with E-state index in [9.17, 15) is 18.0 Å². The average molecular weight is 499 g/mol. The Hall–Kier alpha value is -2.47. The standard InChI is InChI=1S/C20H23ClN4O5S2/c1-14(26)23-18-4-3-16(11-17(18)21)32(28,29)10-2-6-22-20-24-15(13-31-20)5-7-25-8-9-30-12-19(25)27/h2-4,6,11,13H,5,7-10,12H2,1H3,(H,22,24)(H,23,26). The Morgan fingerprint density at radius 2 is 2.22 bits per heavy atom. The zero-order valence-corrected chi connectivity index (χ0v) is 19.7. The Morgan fingerprint density at radius 3 is 2.94 bits per heavy atom. The Balaban J connectivity index is 1.50. The fourth-order valence-corrected chi connectivity index (χ4v) is 5.04. The molecule has 32 heavy (non-hydrogen) atoms. The molecule has 0 atom stereocenters. The number of amides is 2. The van der Waals surface area contributed by atoms with E-state index in [4.69, 9.17) is 16.3 Å². The predicted octanol–water partition coefficient (Wildman–Crippen LogP) is 2.56. The number of anilines is 2. The highest BCUT2D eigenvalue weighted by atomic mass is 35.5. The van der Waals surface area contributed by atoms with Gasteiger partial charge in [0.1, 0.15) is 6.61 Å². The van der Waals surface area contributed by atoms with Crippen molar-refractivity contribution in [1.29, 1.82) is 0 Å². The molecule has 1 aliphatic rings. The molecule has 9 nitrogen and oxygen atoms in total. The number of carbonyl (C=O) groups excluding carboxylic acids is 2. The minimum Gasteiger partial charge on any atom is -0.370 e. The minimum atomic E-state index is -3.59. The molecule has 1 aromatic heterocycles. The van der Waals surface area contributed by atoms with E-state index >= 15 is 0 Å². The molecule has 0 bridgehead atoms. The number of aromatic nitrogens is 1. The number of ether oxygens (including phenoxy) is 1. The zero-order valence-electron chi connectivity index (χ0n) is 17.3. The fourth-order valence-electron chi connectivity index (χ4n) is 2.91. The van der Waals surface area contributed by atoms with Crippen LogP contribution in [-0.2, 0) is 30.6 Å². The van der Waals surface area contributed by atoms with E-state index in [1.54, 1.807) is 4.90 Å². The highest BCUT2D eigenvalue weighted by molar-refractivity contribution is 7.91. The maximum atomic E-state index is 12.5. The minimum absolute atomic E-state index is 0.0139. The van der Waals surface area contributed by atoms with Crippen LogP contribution in [0.1, 0.15) is 12.6 Å². The van der Waals surface area contributed by atoms with Crippen LogP contribution in [0.15, 0.2) is 40.8 Å². The molecule has 12 heteroatoms. The number of halogens is 1. The van der Waals surface area contributed by atoms with Gasteiger partial charge in [0.25, 0.3) is 0 Å². The number of nitrogens with one attached hydrogen (secondary N) is 2. The summed E-state index contributed by atoms with van der Waals surface area (Å²) in [5, 5.41) is 8.18. The van der Waals surface area contributed by atoms with E-state index in [0.717, 1.165) is 5.69 Å². The molecule has 2 amide bonds. The van der Waals surface area contributed by atoms with E-state index in [1.807, 2.05) is 5.38 Å². The summed E-state index contributed by atoms with van der Waals surface area (Å²) in [6.07, 6.45) is 3.65. The number of nitrogens with zero attached hydrogens (tertiary/aromatic N) is 2. The van der Waals surface area contributed by atoms with Crippen molar-refractivity contribution in [2.75, 3.05) is 42.7 Å². The molecule has 2 heterocycles. The lowest BCUT2D eigenvalue weighted by Crippen LogP contribution is -2.42. The monoisotopic (exact) mass is 498 g/mol. The van der Waals surface area contributed by atoms with Crippen molar-refractivity contribution in [3.8, 4) is 0 Å². The maximum absolute atomic E-state index is 12.5. The molecule has 0 saturated carbocycles. The summed E-state index contributed by atoms with van der Waals surface area (Å²) in [6.45, 7) is 3.20. The average Bonchev–Trinajstić information content (AvgIpc) is 3.19. The second-order valence-electron chi connectivity index (χ2n) is 6.98. The molecule has 0 radical (unpaired) electrons. The molecular formula is C20H23ClN4O5S2. The molecule has 1 fully saturated rings. The summed E-state index contributed by atoms with van der Waals surface area (Å²) >= 11 is 7.46. The zero-order chi connectivity index (χ0) is 23.1. The van der Waals surface area contributed by atoms with Crippen LogP contribution >= 0.6 is 22.9 Å². The Labute approximate surface area is 195 Å². The number of hydrogen-bond acceptors (Lipinski definition) is 8. The van der Waals surface area contributed by atoms with Gasteiger partial charge in [-0.1, -0.05) is 17.7 Å². The third kappa shape index (κ3) is 6.76. The Bertz CT molecular complexity index is 1120. The highest BCUT2D eigenvalue weighted by Gasteiger charge is 2.18. The van der Waals surface area contributed by atoms with Crippen LogP contribution in [0.4, 0.5) is 10.8 Å². The first-order valence-corrected chi connectivity index (χ1v) is 12.7. The molecule has 0 spiro atoms. The topological polar surface area (TPSA) is 118 Å². The van der Waals surface area contributed by atoms with Crippen LogP contribution in [0, 0.1) is 0 Å². The molecule has 1 aromatic carbocycles. The highest BCUT2D eigenvalue weighted by Crippen LogP contribution is 2.26. The summed E-state index contributed by atoms with van der Waals surface area (Å²) in [5.41, 5.74) is 1.21. The second kappa shape index (κ2) is 10.9. The molecule has 2 aromatic rings. The SMILES string of the molecule is CC(=O)Nc1ccc(S(=O)(=O)CC=CNc2nc(CCN3CCOCC3=O)cs2)cc1Cl. The van der Waals surface area contributed by atoms with Crippen LogP contribution in [0.2, 0.25) is 5.02 Å². The van der Waals surface area contributed by atoms with Gasteiger partial charge in [-0.2, -0.15) is 0 Å². The van der Waals surface area contributed by atoms with Gasteiger partial charge < -0.3 is 20.3 Å². The van der Waals surface area contributed by atoms with Gasteiger partial charge in [-0.3, -0.25) is 9.59 Å². The molecular weight excluding hydrogens is 476 g/mol. The summed E-state index contributed by atoms with van der Waals surface area (Å²) in [4.78, 5) is 29.1. The number of thiazole rings is 1. The third-order valence-electron chi connectivity index (χ3n) is 4.52. The summed E-state index contributed by atoms with van der Waals surface area (Å²) in [5.74, 6) is -0.538. The van der Waals surface area contributed by atoms with Gasteiger partial charge in [0.2, 0.25) is 11.8 Å². The van der Waals surface area contributed by atoms with Crippen molar-refractivity contribution in [3.05, 3.63) is 46.6 Å². The molecule has 1 saturated heterocycles. The summed E-state index contributed by atoms with van der Waals surface area (Å²) < 4.78 is 30.1. The molecule has 172 valence electrons. The van der Waals surface area contributed by atoms with Crippen LogP contribution < -0.4 is 10.6 Å². The number of carbonyl (C=O) groups is 2. The quantitative estimate of drug-likeness (QED) is 0.545. The first-order chi connectivity index (χ1) is 15.2. The van der Waals surface area contributed by atoms with Crippen molar-refractivity contribution >= 4 is 55.4 Å². The lowest BCUT2D eigenvalue weighted by molar-refractivity contribution is -0.142. The first-order valence-electron chi connectivity index (χ1n) is 9.76. The number of morpholine rings is 1. The van der Waals surface area contributed by atoms with E-state index < -0.39 is 9.84 Å². The van der Waals surface area contributed by atoms with Gasteiger partial charge in [-0.05, 0) is 18.2 Å². The summed E-state index contributed by atoms with van der Waals surface area (Å²) in [6, 6.07) is 4.18. The van der Waals surface area contributed by atoms with Gasteiger partial charge in [0, 0.05) is 38.0 Å². The molecule has 1 aliphatic heterocycles. The number of benzene rings is 1. The first kappa shape index (κ1) is 24.2. The van der Waals surface area contributed by atoms with Gasteiger partial charge in [0.05, 0.1) is 33.7 Å². The van der Waals surface area contributed by atoms with Crippen molar-refractivity contribution < 1.29 is 22.7 Å².